The summed E-state index contributed by atoms with van der Waals surface area (Å²) in [5.74, 6) is 0. The van der Waals surface area contributed by atoms with E-state index < -0.39 is 0 Å². The van der Waals surface area contributed by atoms with Gasteiger partial charge in [0, 0.05) is 28.3 Å². The van der Waals surface area contributed by atoms with Crippen LogP contribution >= 0.6 is 11.3 Å². The predicted octanol–water partition coefficient (Wildman–Crippen LogP) is 4.02. The molecule has 3 heteroatoms. The Morgan fingerprint density at radius 1 is 1.32 bits per heavy atom. The van der Waals surface area contributed by atoms with Gasteiger partial charge >= 0.3 is 0 Å². The highest BCUT2D eigenvalue weighted by atomic mass is 32.1. The number of aliphatic hydroxyl groups excluding tert-OH is 1. The van der Waals surface area contributed by atoms with Crippen molar-refractivity contribution in [3.63, 3.8) is 0 Å². The van der Waals surface area contributed by atoms with Crippen molar-refractivity contribution in [3.05, 3.63) is 34.7 Å². The molecule has 2 unspecified atom stereocenters. The third-order valence-electron chi connectivity index (χ3n) is 3.73. The van der Waals surface area contributed by atoms with Crippen LogP contribution in [0.4, 0.5) is 0 Å². The van der Waals surface area contributed by atoms with Crippen LogP contribution in [0, 0.1) is 6.92 Å². The fraction of sp³-hybridized carbons (Fsp3) is 0.500. The van der Waals surface area contributed by atoms with Crippen LogP contribution in [0.25, 0.3) is 10.1 Å². The number of fused-ring (bicyclic) bond motifs is 1. The molecule has 0 fully saturated rings. The summed E-state index contributed by atoms with van der Waals surface area (Å²) in [6, 6.07) is 9.32. The van der Waals surface area contributed by atoms with Crippen molar-refractivity contribution in [2.24, 2.45) is 0 Å². The maximum atomic E-state index is 9.08. The van der Waals surface area contributed by atoms with Crippen molar-refractivity contribution in [1.82, 2.24) is 5.32 Å². The summed E-state index contributed by atoms with van der Waals surface area (Å²) in [6.45, 7) is 6.85. The molecule has 0 aliphatic carbocycles. The van der Waals surface area contributed by atoms with Crippen molar-refractivity contribution in [2.75, 3.05) is 6.61 Å². The van der Waals surface area contributed by atoms with Gasteiger partial charge in [-0.25, -0.2) is 0 Å². The summed E-state index contributed by atoms with van der Waals surface area (Å²) in [6.07, 6.45) is 1.87. The molecule has 2 rings (SSSR count). The quantitative estimate of drug-likeness (QED) is 0.836. The Morgan fingerprint density at radius 3 is 2.68 bits per heavy atom. The molecular formula is C16H23NOS. The Bertz CT molecular complexity index is 535. The van der Waals surface area contributed by atoms with Crippen molar-refractivity contribution in [1.29, 1.82) is 0 Å². The molecule has 0 spiro atoms. The molecule has 0 bridgehead atoms. The molecule has 0 saturated carbocycles. The number of nitrogens with one attached hydrogen (secondary N) is 1. The largest absolute Gasteiger partial charge is 0.396 e. The Balaban J connectivity index is 2.21. The minimum Gasteiger partial charge on any atom is -0.396 e. The van der Waals surface area contributed by atoms with Crippen LogP contribution in [0.2, 0.25) is 0 Å². The molecule has 0 amide bonds. The summed E-state index contributed by atoms with van der Waals surface area (Å²) >= 11 is 1.88. The van der Waals surface area contributed by atoms with Crippen LogP contribution in [0.5, 0.6) is 0 Å². The number of rotatable bonds is 6. The Kier molecular flexibility index (Phi) is 4.97. The summed E-state index contributed by atoms with van der Waals surface area (Å²) in [5.41, 5.74) is 1.39. The smallest absolute Gasteiger partial charge is 0.0445 e. The number of aryl methyl sites for hydroxylation is 1. The summed E-state index contributed by atoms with van der Waals surface area (Å²) in [5, 5.41) is 14.1. The van der Waals surface area contributed by atoms with Crippen LogP contribution in [-0.4, -0.2) is 17.8 Å². The second-order valence-electron chi connectivity index (χ2n) is 5.09. The van der Waals surface area contributed by atoms with Gasteiger partial charge in [0.2, 0.25) is 0 Å². The van der Waals surface area contributed by atoms with Gasteiger partial charge < -0.3 is 10.4 Å². The first-order valence-electron chi connectivity index (χ1n) is 7.02. The average molecular weight is 277 g/mol. The normalized spacial score (nSPS) is 14.7. The summed E-state index contributed by atoms with van der Waals surface area (Å²) < 4.78 is 1.36. The highest BCUT2D eigenvalue weighted by Crippen LogP contribution is 2.34. The van der Waals surface area contributed by atoms with E-state index in [-0.39, 0.29) is 6.61 Å². The highest BCUT2D eigenvalue weighted by Gasteiger charge is 2.16. The first-order valence-corrected chi connectivity index (χ1v) is 7.84. The van der Waals surface area contributed by atoms with E-state index in [1.807, 2.05) is 11.3 Å². The van der Waals surface area contributed by atoms with Crippen LogP contribution in [0.3, 0.4) is 0 Å². The zero-order chi connectivity index (χ0) is 13.8. The molecule has 104 valence electrons. The molecule has 0 saturated heterocycles. The number of hydrogen-bond donors (Lipinski definition) is 2. The van der Waals surface area contributed by atoms with Crippen molar-refractivity contribution in [3.8, 4) is 0 Å². The Hall–Kier alpha value is -0.900. The van der Waals surface area contributed by atoms with Crippen LogP contribution in [0.15, 0.2) is 24.3 Å². The molecule has 1 aromatic carbocycles. The van der Waals surface area contributed by atoms with E-state index in [4.69, 9.17) is 5.11 Å². The second kappa shape index (κ2) is 6.51. The fourth-order valence-electron chi connectivity index (χ4n) is 2.60. The lowest BCUT2D eigenvalue weighted by Crippen LogP contribution is -2.31. The highest BCUT2D eigenvalue weighted by molar-refractivity contribution is 7.19. The molecule has 19 heavy (non-hydrogen) atoms. The zero-order valence-electron chi connectivity index (χ0n) is 11.9. The van der Waals surface area contributed by atoms with Gasteiger partial charge in [0.1, 0.15) is 0 Å². The Labute approximate surface area is 119 Å². The van der Waals surface area contributed by atoms with E-state index >= 15 is 0 Å². The van der Waals surface area contributed by atoms with Gasteiger partial charge in [-0.15, -0.1) is 11.3 Å². The standard InChI is InChI=1S/C16H23NOS/c1-4-13(9-10-18)17-12(3)16-11(2)14-7-5-6-8-15(14)19-16/h5-8,12-13,17-18H,4,9-10H2,1-3H3. The van der Waals surface area contributed by atoms with Crippen molar-refractivity contribution < 1.29 is 5.11 Å². The maximum absolute atomic E-state index is 9.08. The third-order valence-corrected chi connectivity index (χ3v) is 5.19. The van der Waals surface area contributed by atoms with Crippen LogP contribution < -0.4 is 5.32 Å². The molecule has 2 aromatic rings. The van der Waals surface area contributed by atoms with E-state index in [1.54, 1.807) is 0 Å². The monoisotopic (exact) mass is 277 g/mol. The second-order valence-corrected chi connectivity index (χ2v) is 6.18. The first kappa shape index (κ1) is 14.5. The van der Waals surface area contributed by atoms with Crippen LogP contribution in [0.1, 0.15) is 43.2 Å². The van der Waals surface area contributed by atoms with Gasteiger partial charge in [-0.3, -0.25) is 0 Å². The molecule has 2 N–H and O–H groups in total. The maximum Gasteiger partial charge on any atom is 0.0445 e. The SMILES string of the molecule is CCC(CCO)NC(C)c1sc2ccccc2c1C. The van der Waals surface area contributed by atoms with Gasteiger partial charge in [0.15, 0.2) is 0 Å². The van der Waals surface area contributed by atoms with Gasteiger partial charge in [-0.05, 0) is 43.7 Å². The molecule has 0 aliphatic rings. The minimum atomic E-state index is 0.254. The minimum absolute atomic E-state index is 0.254. The van der Waals surface area contributed by atoms with Gasteiger partial charge in [-0.2, -0.15) is 0 Å². The topological polar surface area (TPSA) is 32.3 Å². The van der Waals surface area contributed by atoms with Gasteiger partial charge in [-0.1, -0.05) is 25.1 Å². The fourth-order valence-corrected chi connectivity index (χ4v) is 3.82. The number of thiophene rings is 1. The average Bonchev–Trinajstić information content (AvgIpc) is 2.76. The summed E-state index contributed by atoms with van der Waals surface area (Å²) in [4.78, 5) is 1.41. The third kappa shape index (κ3) is 3.16. The lowest BCUT2D eigenvalue weighted by Gasteiger charge is -2.21. The number of aliphatic hydroxyl groups is 1. The van der Waals surface area contributed by atoms with Crippen molar-refractivity contribution >= 4 is 21.4 Å². The summed E-state index contributed by atoms with van der Waals surface area (Å²) in [7, 11) is 0. The van der Waals surface area contributed by atoms with Crippen molar-refractivity contribution in [2.45, 2.75) is 45.7 Å². The number of hydrogen-bond acceptors (Lipinski definition) is 3. The van der Waals surface area contributed by atoms with E-state index in [9.17, 15) is 0 Å². The van der Waals surface area contributed by atoms with E-state index in [0.29, 0.717) is 12.1 Å². The van der Waals surface area contributed by atoms with Crippen LogP contribution in [-0.2, 0) is 0 Å². The van der Waals surface area contributed by atoms with E-state index in [0.717, 1.165) is 12.8 Å². The first-order chi connectivity index (χ1) is 9.17. The predicted molar refractivity (Wildman–Crippen MR) is 83.9 cm³/mol. The van der Waals surface area contributed by atoms with E-state index in [2.05, 4.69) is 50.4 Å². The molecule has 0 aliphatic heterocycles. The molecule has 1 aromatic heterocycles. The lowest BCUT2D eigenvalue weighted by atomic mass is 10.1. The molecule has 2 nitrogen and oxygen atoms in total. The van der Waals surface area contributed by atoms with Gasteiger partial charge in [0.25, 0.3) is 0 Å². The zero-order valence-corrected chi connectivity index (χ0v) is 12.8. The molecule has 0 radical (unpaired) electrons. The molecule has 1 heterocycles. The number of benzene rings is 1. The van der Waals surface area contributed by atoms with E-state index in [1.165, 1.54) is 20.5 Å². The Morgan fingerprint density at radius 2 is 2.05 bits per heavy atom. The molecular weight excluding hydrogens is 254 g/mol. The lowest BCUT2D eigenvalue weighted by molar-refractivity contribution is 0.257. The molecule has 2 atom stereocenters. The van der Waals surface area contributed by atoms with Gasteiger partial charge in [0.05, 0.1) is 0 Å².